The Morgan fingerprint density at radius 2 is 1.26 bits per heavy atom. The summed E-state index contributed by atoms with van der Waals surface area (Å²) in [7, 11) is 1.24. The van der Waals surface area contributed by atoms with E-state index in [9.17, 15) is 76.0 Å². The van der Waals surface area contributed by atoms with Crippen molar-refractivity contribution in [2.75, 3.05) is 40.1 Å². The average molecular weight is 1070 g/mol. The van der Waals surface area contributed by atoms with Gasteiger partial charge in [-0.15, -0.1) is 0 Å². The zero-order valence-corrected chi connectivity index (χ0v) is 42.8. The second-order valence-corrected chi connectivity index (χ2v) is 20.0. The van der Waals surface area contributed by atoms with Crippen LogP contribution in [-0.4, -0.2) is 265 Å². The highest BCUT2D eigenvalue weighted by molar-refractivity contribution is 5.71. The van der Waals surface area contributed by atoms with Crippen molar-refractivity contribution in [3.63, 3.8) is 0 Å². The maximum atomic E-state index is 13.2. The van der Waals surface area contributed by atoms with E-state index in [0.29, 0.717) is 12.8 Å². The molecule has 0 radical (unpaired) electrons. The fourth-order valence-electron chi connectivity index (χ4n) is 9.14. The van der Waals surface area contributed by atoms with Gasteiger partial charge in [0.15, 0.2) is 25.0 Å². The highest BCUT2D eigenvalue weighted by atomic mass is 16.7. The Morgan fingerprint density at radius 1 is 0.658 bits per heavy atom. The molecule has 26 nitrogen and oxygen atoms in total. The number of aliphatic hydroxyl groups is 13. The zero-order valence-electron chi connectivity index (χ0n) is 42.8. The molecule has 4 saturated heterocycles. The molecule has 428 valence electrons. The van der Waals surface area contributed by atoms with E-state index in [4.69, 9.17) is 52.1 Å². The molecule has 4 rings (SSSR count). The lowest BCUT2D eigenvalue weighted by Crippen LogP contribution is -2.64. The largest absolute Gasteiger partial charge is 0.462 e. The van der Waals surface area contributed by atoms with Gasteiger partial charge in [-0.3, -0.25) is 9.59 Å². The Labute approximate surface area is 424 Å². The van der Waals surface area contributed by atoms with Gasteiger partial charge >= 0.3 is 11.9 Å². The van der Waals surface area contributed by atoms with Crippen molar-refractivity contribution in [3.8, 4) is 0 Å². The van der Waals surface area contributed by atoms with Gasteiger partial charge in [0.1, 0.15) is 85.0 Å². The number of hydrogen-bond donors (Lipinski definition) is 13. The number of carbonyl (C=O) groups is 2. The first kappa shape index (κ1) is 63.6. The van der Waals surface area contributed by atoms with Gasteiger partial charge in [-0.2, -0.15) is 0 Å². The van der Waals surface area contributed by atoms with E-state index in [1.807, 2.05) is 20.8 Å². The Balaban J connectivity index is 1.29. The summed E-state index contributed by atoms with van der Waals surface area (Å²) in [6, 6.07) is 0. The van der Waals surface area contributed by atoms with Crippen LogP contribution in [0.3, 0.4) is 0 Å². The lowest BCUT2D eigenvalue weighted by molar-refractivity contribution is -0.359. The minimum atomic E-state index is -2.14. The summed E-state index contributed by atoms with van der Waals surface area (Å²) in [6.07, 6.45) is -31.7. The molecule has 4 heterocycles. The number of carbonyl (C=O) groups excluding carboxylic acids is 2. The molecule has 0 spiro atoms. The minimum absolute atomic E-state index is 0.0650. The van der Waals surface area contributed by atoms with Crippen molar-refractivity contribution in [1.29, 1.82) is 0 Å². The highest BCUT2D eigenvalue weighted by Gasteiger charge is 2.52. The van der Waals surface area contributed by atoms with Crippen molar-refractivity contribution in [2.24, 2.45) is 11.8 Å². The first-order valence-corrected chi connectivity index (χ1v) is 25.1. The molecule has 26 heteroatoms. The van der Waals surface area contributed by atoms with Crippen LogP contribution in [0, 0.1) is 11.8 Å². The van der Waals surface area contributed by atoms with Gasteiger partial charge in [-0.25, -0.2) is 0 Å². The molecule has 0 saturated carbocycles. The standard InChI is InChI=1S/C47H84O26/c1-9-20(3)28(68-32(53)13-26(51)12-29(21(4)10-2)69-46-37(58)34(55)30(15-48)70-46)11-25(50)14-33(54)72-40-22(5)64-17-31(35(40)56)71-45-38(59)36(57)41(23(6)67-45)73-44-39(60)42(27(52)16-65-44)66-24(7)43(61)47(62,18-49)19-63-8/h20-31,34-46,48-52,55-62H,9-19H2,1-8H3/t20-,21-,22+,23+,24+,25-,26-,27+,28-,29-,30-,31?,34?,35?,36?,37?,38?,39?,40-,41-,42?,43?,44-,45-,46+,47-/m0/s1. The predicted octanol–water partition coefficient (Wildman–Crippen LogP) is -4.39. The summed E-state index contributed by atoms with van der Waals surface area (Å²) in [5.74, 6) is -2.21. The lowest BCUT2D eigenvalue weighted by atomic mass is 9.94. The molecule has 4 aliphatic rings. The Morgan fingerprint density at radius 3 is 1.85 bits per heavy atom. The molecule has 4 aliphatic heterocycles. The van der Waals surface area contributed by atoms with Gasteiger partial charge in [-0.05, 0) is 32.6 Å². The van der Waals surface area contributed by atoms with Crippen LogP contribution in [0.5, 0.6) is 0 Å². The summed E-state index contributed by atoms with van der Waals surface area (Å²) < 4.78 is 62.0. The van der Waals surface area contributed by atoms with E-state index in [-0.39, 0.29) is 31.3 Å². The summed E-state index contributed by atoms with van der Waals surface area (Å²) in [5, 5.41) is 138. The summed E-state index contributed by atoms with van der Waals surface area (Å²) in [6.45, 7) is 9.00. The van der Waals surface area contributed by atoms with Gasteiger partial charge in [-0.1, -0.05) is 40.5 Å². The van der Waals surface area contributed by atoms with E-state index in [1.165, 1.54) is 27.9 Å². The normalized spacial score (nSPS) is 38.3. The number of rotatable bonds is 28. The van der Waals surface area contributed by atoms with Crippen LogP contribution in [0.25, 0.3) is 0 Å². The van der Waals surface area contributed by atoms with E-state index in [2.05, 4.69) is 0 Å². The van der Waals surface area contributed by atoms with E-state index < -0.39 is 198 Å². The molecular formula is C47H84O26. The van der Waals surface area contributed by atoms with Gasteiger partial charge in [0, 0.05) is 20.0 Å². The van der Waals surface area contributed by atoms with Crippen LogP contribution in [0.4, 0.5) is 0 Å². The van der Waals surface area contributed by atoms with E-state index >= 15 is 0 Å². The topological polar surface area (TPSA) is 399 Å². The van der Waals surface area contributed by atoms with Crippen LogP contribution in [0.15, 0.2) is 0 Å². The smallest absolute Gasteiger partial charge is 0.308 e. The maximum Gasteiger partial charge on any atom is 0.308 e. The molecular weight excluding hydrogens is 980 g/mol. The van der Waals surface area contributed by atoms with Gasteiger partial charge < -0.3 is 118 Å². The minimum Gasteiger partial charge on any atom is -0.462 e. The van der Waals surface area contributed by atoms with Crippen LogP contribution < -0.4 is 0 Å². The van der Waals surface area contributed by atoms with Crippen molar-refractivity contribution in [3.05, 3.63) is 0 Å². The maximum absolute atomic E-state index is 13.2. The molecule has 0 aromatic rings. The second kappa shape index (κ2) is 29.2. The van der Waals surface area contributed by atoms with Gasteiger partial charge in [0.05, 0.1) is 82.5 Å². The fraction of sp³-hybridized carbons (Fsp3) is 0.957. The Bertz CT molecular complexity index is 1640. The van der Waals surface area contributed by atoms with Gasteiger partial charge in [0.25, 0.3) is 0 Å². The molecule has 13 N–H and O–H groups in total. The SMILES string of the molecule is CC[C@H](C)[C@H](C[C@H](O)CC(=O)O[C@@H]1C(O)C(O[C@@H]2O[C@H](C)[C@H](O[C@@H]3OC[C@@H](O)C(O[C@H](C)C(O)[C@](O)(CO)COC)C3O)C(O)C2O)CO[C@@H]1C)OC(=O)C[C@@H](O)C[C@H](O[C@@H]1O[C@@H](CO)C(O)C1O)[C@@H](C)CC. The van der Waals surface area contributed by atoms with Gasteiger partial charge in [0.2, 0.25) is 0 Å². The van der Waals surface area contributed by atoms with E-state index in [1.54, 1.807) is 6.92 Å². The molecule has 0 bridgehead atoms. The highest BCUT2D eigenvalue weighted by Crippen LogP contribution is 2.33. The summed E-state index contributed by atoms with van der Waals surface area (Å²) in [5.41, 5.74) is -2.14. The molecule has 0 amide bonds. The number of esters is 2. The molecule has 73 heavy (non-hydrogen) atoms. The molecule has 26 atom stereocenters. The van der Waals surface area contributed by atoms with Crippen LogP contribution in [0.1, 0.15) is 87.0 Å². The molecule has 0 aromatic carbocycles. The third kappa shape index (κ3) is 16.8. The number of hydrogen-bond acceptors (Lipinski definition) is 26. The average Bonchev–Trinajstić information content (AvgIpc) is 3.62. The predicted molar refractivity (Wildman–Crippen MR) is 245 cm³/mol. The van der Waals surface area contributed by atoms with Crippen LogP contribution >= 0.6 is 0 Å². The van der Waals surface area contributed by atoms with Crippen molar-refractivity contribution >= 4 is 11.9 Å². The third-order valence-electron chi connectivity index (χ3n) is 14.3. The zero-order chi connectivity index (χ0) is 54.6. The Hall–Kier alpha value is -1.94. The van der Waals surface area contributed by atoms with Crippen LogP contribution in [-0.2, 0) is 61.7 Å². The Kier molecular flexibility index (Phi) is 25.4. The van der Waals surface area contributed by atoms with Crippen molar-refractivity contribution in [2.45, 2.75) is 234 Å². The van der Waals surface area contributed by atoms with E-state index in [0.717, 1.165) is 0 Å². The summed E-state index contributed by atoms with van der Waals surface area (Å²) >= 11 is 0. The number of methoxy groups -OCH3 is 1. The molecule has 0 aliphatic carbocycles. The monoisotopic (exact) mass is 1060 g/mol. The molecule has 4 fully saturated rings. The third-order valence-corrected chi connectivity index (χ3v) is 14.3. The van der Waals surface area contributed by atoms with Crippen molar-refractivity contribution < 1.29 is 128 Å². The summed E-state index contributed by atoms with van der Waals surface area (Å²) in [4.78, 5) is 26.4. The fourth-order valence-corrected chi connectivity index (χ4v) is 9.14. The van der Waals surface area contributed by atoms with Crippen molar-refractivity contribution in [1.82, 2.24) is 0 Å². The quantitative estimate of drug-likeness (QED) is 0.0329. The number of aliphatic hydroxyl groups excluding tert-OH is 12. The second-order valence-electron chi connectivity index (χ2n) is 20.0. The van der Waals surface area contributed by atoms with Crippen LogP contribution in [0.2, 0.25) is 0 Å². The molecule has 9 unspecified atom stereocenters. The first-order chi connectivity index (χ1) is 34.3. The molecule has 0 aromatic heterocycles. The first-order valence-electron chi connectivity index (χ1n) is 25.1. The lowest BCUT2D eigenvalue weighted by Gasteiger charge is -2.46. The number of ether oxygens (including phenoxy) is 11.